The van der Waals surface area contributed by atoms with E-state index in [2.05, 4.69) is 4.98 Å². The van der Waals surface area contributed by atoms with Crippen LogP contribution in [0.2, 0.25) is 0 Å². The fraction of sp³-hybridized carbons (Fsp3) is 0.400. The van der Waals surface area contributed by atoms with Crippen molar-refractivity contribution < 1.29 is 9.53 Å². The lowest BCUT2D eigenvalue weighted by Crippen LogP contribution is -2.14. The van der Waals surface area contributed by atoms with Gasteiger partial charge in [0, 0.05) is 0 Å². The van der Waals surface area contributed by atoms with Crippen molar-refractivity contribution >= 4 is 5.91 Å². The first-order valence-corrected chi connectivity index (χ1v) is 4.60. The van der Waals surface area contributed by atoms with E-state index in [1.54, 1.807) is 19.2 Å². The second-order valence-electron chi connectivity index (χ2n) is 3.52. The summed E-state index contributed by atoms with van der Waals surface area (Å²) < 4.78 is 5.53. The molecule has 0 spiro atoms. The number of carbonyl (C=O) groups is 1. The molecule has 4 nitrogen and oxygen atoms in total. The van der Waals surface area contributed by atoms with Crippen molar-refractivity contribution in [2.45, 2.75) is 25.9 Å². The SMILES string of the molecule is Cc1cc(OC2CC2)cnc1C(N)=O. The summed E-state index contributed by atoms with van der Waals surface area (Å²) in [6, 6.07) is 1.80. The molecule has 74 valence electrons. The third-order valence-corrected chi connectivity index (χ3v) is 2.11. The number of aromatic nitrogens is 1. The Morgan fingerprint density at radius 1 is 1.64 bits per heavy atom. The van der Waals surface area contributed by atoms with Crippen LogP contribution in [0.25, 0.3) is 0 Å². The minimum Gasteiger partial charge on any atom is -0.489 e. The lowest BCUT2D eigenvalue weighted by molar-refractivity contribution is 0.0995. The molecule has 0 radical (unpaired) electrons. The van der Waals surface area contributed by atoms with Crippen molar-refractivity contribution in [1.29, 1.82) is 0 Å². The Labute approximate surface area is 82.1 Å². The molecule has 1 fully saturated rings. The highest BCUT2D eigenvalue weighted by molar-refractivity contribution is 5.92. The summed E-state index contributed by atoms with van der Waals surface area (Å²) >= 11 is 0. The van der Waals surface area contributed by atoms with E-state index in [0.29, 0.717) is 11.8 Å². The molecular formula is C10H12N2O2. The van der Waals surface area contributed by atoms with Gasteiger partial charge in [-0.2, -0.15) is 0 Å². The van der Waals surface area contributed by atoms with Gasteiger partial charge >= 0.3 is 0 Å². The molecule has 1 aliphatic rings. The van der Waals surface area contributed by atoms with E-state index >= 15 is 0 Å². The van der Waals surface area contributed by atoms with E-state index in [1.165, 1.54) is 0 Å². The zero-order valence-corrected chi connectivity index (χ0v) is 7.99. The summed E-state index contributed by atoms with van der Waals surface area (Å²) in [6.45, 7) is 1.80. The fourth-order valence-electron chi connectivity index (χ4n) is 1.25. The molecule has 14 heavy (non-hydrogen) atoms. The Bertz CT molecular complexity index is 372. The van der Waals surface area contributed by atoms with Crippen LogP contribution in [0.4, 0.5) is 0 Å². The third-order valence-electron chi connectivity index (χ3n) is 2.11. The molecular weight excluding hydrogens is 180 g/mol. The number of aryl methyl sites for hydroxylation is 1. The number of rotatable bonds is 3. The van der Waals surface area contributed by atoms with Crippen molar-refractivity contribution in [3.63, 3.8) is 0 Å². The number of hydrogen-bond acceptors (Lipinski definition) is 3. The maximum Gasteiger partial charge on any atom is 0.267 e. The Kier molecular flexibility index (Phi) is 2.11. The number of carbonyl (C=O) groups excluding carboxylic acids is 1. The van der Waals surface area contributed by atoms with Crippen LogP contribution >= 0.6 is 0 Å². The van der Waals surface area contributed by atoms with Crippen molar-refractivity contribution in [2.24, 2.45) is 5.73 Å². The summed E-state index contributed by atoms with van der Waals surface area (Å²) in [5, 5.41) is 0. The molecule has 0 unspecified atom stereocenters. The smallest absolute Gasteiger partial charge is 0.267 e. The highest BCUT2D eigenvalue weighted by Crippen LogP contribution is 2.26. The van der Waals surface area contributed by atoms with Crippen molar-refractivity contribution in [3.05, 3.63) is 23.5 Å². The number of ether oxygens (including phenoxy) is 1. The number of primary amides is 1. The number of hydrogen-bond donors (Lipinski definition) is 1. The molecule has 1 aliphatic carbocycles. The largest absolute Gasteiger partial charge is 0.489 e. The highest BCUT2D eigenvalue weighted by Gasteiger charge is 2.23. The van der Waals surface area contributed by atoms with Gasteiger partial charge in [0.25, 0.3) is 5.91 Å². The second kappa shape index (κ2) is 3.29. The van der Waals surface area contributed by atoms with Gasteiger partial charge in [0.15, 0.2) is 0 Å². The molecule has 0 aromatic carbocycles. The summed E-state index contributed by atoms with van der Waals surface area (Å²) in [5.41, 5.74) is 6.21. The van der Waals surface area contributed by atoms with Crippen LogP contribution in [0.1, 0.15) is 28.9 Å². The molecule has 1 heterocycles. The molecule has 0 atom stereocenters. The number of pyridine rings is 1. The van der Waals surface area contributed by atoms with Crippen molar-refractivity contribution in [1.82, 2.24) is 4.98 Å². The van der Waals surface area contributed by atoms with E-state index in [-0.39, 0.29) is 0 Å². The van der Waals surface area contributed by atoms with E-state index in [4.69, 9.17) is 10.5 Å². The summed E-state index contributed by atoms with van der Waals surface area (Å²) in [7, 11) is 0. The predicted octanol–water partition coefficient (Wildman–Crippen LogP) is 1.03. The van der Waals surface area contributed by atoms with Crippen molar-refractivity contribution in [2.75, 3.05) is 0 Å². The van der Waals surface area contributed by atoms with Crippen LogP contribution in [0.5, 0.6) is 5.75 Å². The molecule has 2 N–H and O–H groups in total. The van der Waals surface area contributed by atoms with Gasteiger partial charge in [-0.05, 0) is 31.4 Å². The topological polar surface area (TPSA) is 65.2 Å². The molecule has 2 rings (SSSR count). The van der Waals surface area contributed by atoms with E-state index in [9.17, 15) is 4.79 Å². The molecule has 0 aliphatic heterocycles. The van der Waals surface area contributed by atoms with Gasteiger partial charge in [0.2, 0.25) is 0 Å². The van der Waals surface area contributed by atoms with Crippen LogP contribution in [-0.4, -0.2) is 17.0 Å². The van der Waals surface area contributed by atoms with Crippen molar-refractivity contribution in [3.8, 4) is 5.75 Å². The fourth-order valence-corrected chi connectivity index (χ4v) is 1.25. The summed E-state index contributed by atoms with van der Waals surface area (Å²) in [6.07, 6.45) is 4.11. The predicted molar refractivity (Wildman–Crippen MR) is 51.1 cm³/mol. The van der Waals surface area contributed by atoms with E-state index < -0.39 is 5.91 Å². The zero-order valence-electron chi connectivity index (χ0n) is 7.99. The molecule has 0 bridgehead atoms. The standard InChI is InChI=1S/C10H12N2O2/c1-6-4-8(14-7-2-3-7)5-12-9(6)10(11)13/h4-5,7H,2-3H2,1H3,(H2,11,13). The first kappa shape index (κ1) is 8.99. The zero-order chi connectivity index (χ0) is 10.1. The van der Waals surface area contributed by atoms with Gasteiger partial charge < -0.3 is 10.5 Å². The van der Waals surface area contributed by atoms with E-state index in [1.807, 2.05) is 0 Å². The van der Waals surface area contributed by atoms with E-state index in [0.717, 1.165) is 24.2 Å². The molecule has 1 aromatic heterocycles. The third kappa shape index (κ3) is 1.84. The van der Waals surface area contributed by atoms with Gasteiger partial charge in [-0.15, -0.1) is 0 Å². The molecule has 1 amide bonds. The monoisotopic (exact) mass is 192 g/mol. The molecule has 4 heteroatoms. The van der Waals surface area contributed by atoms with Gasteiger partial charge in [-0.25, -0.2) is 4.98 Å². The van der Waals surface area contributed by atoms with Crippen LogP contribution in [0.3, 0.4) is 0 Å². The number of amides is 1. The second-order valence-corrected chi connectivity index (χ2v) is 3.52. The lowest BCUT2D eigenvalue weighted by atomic mass is 10.2. The molecule has 1 saturated carbocycles. The first-order chi connectivity index (χ1) is 6.66. The Hall–Kier alpha value is -1.58. The summed E-state index contributed by atoms with van der Waals surface area (Å²) in [4.78, 5) is 14.8. The minimum atomic E-state index is -0.500. The molecule has 1 aromatic rings. The van der Waals surface area contributed by atoms with Crippen LogP contribution in [0, 0.1) is 6.92 Å². The van der Waals surface area contributed by atoms with Gasteiger partial charge in [0.1, 0.15) is 11.4 Å². The number of nitrogens with two attached hydrogens (primary N) is 1. The van der Waals surface area contributed by atoms with Gasteiger partial charge in [0.05, 0.1) is 12.3 Å². The minimum absolute atomic E-state index is 0.313. The Balaban J connectivity index is 2.20. The highest BCUT2D eigenvalue weighted by atomic mass is 16.5. The van der Waals surface area contributed by atoms with Crippen LogP contribution < -0.4 is 10.5 Å². The number of nitrogens with zero attached hydrogens (tertiary/aromatic N) is 1. The van der Waals surface area contributed by atoms with Gasteiger partial charge in [-0.1, -0.05) is 0 Å². The summed E-state index contributed by atoms with van der Waals surface area (Å²) in [5.74, 6) is 0.218. The average Bonchev–Trinajstić information content (AvgIpc) is 2.87. The normalized spacial score (nSPS) is 15.2. The quantitative estimate of drug-likeness (QED) is 0.777. The maximum atomic E-state index is 10.9. The van der Waals surface area contributed by atoms with Crippen LogP contribution in [0.15, 0.2) is 12.3 Å². The molecule has 0 saturated heterocycles. The maximum absolute atomic E-state index is 10.9. The lowest BCUT2D eigenvalue weighted by Gasteiger charge is -2.06. The first-order valence-electron chi connectivity index (χ1n) is 4.60. The van der Waals surface area contributed by atoms with Gasteiger partial charge in [-0.3, -0.25) is 4.79 Å². The Morgan fingerprint density at radius 2 is 2.36 bits per heavy atom. The Morgan fingerprint density at radius 3 is 2.86 bits per heavy atom. The average molecular weight is 192 g/mol. The van der Waals surface area contributed by atoms with Crippen LogP contribution in [-0.2, 0) is 0 Å².